The Morgan fingerprint density at radius 1 is 1.50 bits per heavy atom. The quantitative estimate of drug-likeness (QED) is 0.795. The van der Waals surface area contributed by atoms with Crippen LogP contribution in [-0.4, -0.2) is 40.9 Å². The molecule has 0 N–H and O–H groups in total. The van der Waals surface area contributed by atoms with Crippen LogP contribution in [0.3, 0.4) is 0 Å². The van der Waals surface area contributed by atoms with Gasteiger partial charge < -0.3 is 4.90 Å². The molecule has 3 nitrogen and oxygen atoms in total. The van der Waals surface area contributed by atoms with E-state index in [1.807, 2.05) is 0 Å². The van der Waals surface area contributed by atoms with E-state index in [2.05, 4.69) is 4.98 Å². The number of carbonyl (C=O) groups is 1. The molecule has 100 valence electrons. The van der Waals surface area contributed by atoms with Crippen LogP contribution in [0.5, 0.6) is 0 Å². The second-order valence-corrected chi connectivity index (χ2v) is 4.08. The van der Waals surface area contributed by atoms with Crippen LogP contribution in [0.2, 0.25) is 0 Å². The maximum absolute atomic E-state index is 12.3. The Balaban J connectivity index is 2.93. The van der Waals surface area contributed by atoms with Gasteiger partial charge in [-0.05, 0) is 18.6 Å². The largest absolute Gasteiger partial charge is 0.406 e. The third-order valence-electron chi connectivity index (χ3n) is 2.22. The smallest absolute Gasteiger partial charge is 0.327 e. The zero-order chi connectivity index (χ0) is 13.8. The highest BCUT2D eigenvalue weighted by atomic mass is 35.5. The van der Waals surface area contributed by atoms with Crippen molar-refractivity contribution >= 4 is 17.5 Å². The molecular formula is C11H12ClF3N2O. The Kier molecular flexibility index (Phi) is 4.95. The first-order chi connectivity index (χ1) is 8.35. The van der Waals surface area contributed by atoms with Crippen LogP contribution in [0.15, 0.2) is 18.3 Å². The lowest BCUT2D eigenvalue weighted by molar-refractivity contribution is -0.140. The molecule has 0 atom stereocenters. The number of hydrogen-bond acceptors (Lipinski definition) is 2. The minimum absolute atomic E-state index is 0.0202. The van der Waals surface area contributed by atoms with E-state index in [-0.39, 0.29) is 18.1 Å². The summed E-state index contributed by atoms with van der Waals surface area (Å²) in [7, 11) is 0. The molecule has 7 heteroatoms. The molecule has 0 aliphatic carbocycles. The number of aromatic nitrogens is 1. The fourth-order valence-corrected chi connectivity index (χ4v) is 1.63. The number of aryl methyl sites for hydroxylation is 1. The van der Waals surface area contributed by atoms with E-state index < -0.39 is 18.6 Å². The number of hydrogen-bond donors (Lipinski definition) is 0. The Hall–Kier alpha value is -1.30. The topological polar surface area (TPSA) is 33.2 Å². The molecule has 18 heavy (non-hydrogen) atoms. The van der Waals surface area contributed by atoms with Crippen LogP contribution in [0.4, 0.5) is 13.2 Å². The number of amides is 1. The van der Waals surface area contributed by atoms with E-state index >= 15 is 0 Å². The summed E-state index contributed by atoms with van der Waals surface area (Å²) in [5.74, 6) is -0.820. The van der Waals surface area contributed by atoms with Crippen LogP contribution in [0.1, 0.15) is 16.1 Å². The summed E-state index contributed by atoms with van der Waals surface area (Å²) in [5.41, 5.74) is 0.552. The molecule has 1 heterocycles. The van der Waals surface area contributed by atoms with Crippen LogP contribution < -0.4 is 0 Å². The van der Waals surface area contributed by atoms with Gasteiger partial charge in [0.25, 0.3) is 5.91 Å². The molecule has 0 radical (unpaired) electrons. The maximum Gasteiger partial charge on any atom is 0.406 e. The zero-order valence-electron chi connectivity index (χ0n) is 9.67. The minimum Gasteiger partial charge on any atom is -0.327 e. The van der Waals surface area contributed by atoms with Crippen molar-refractivity contribution < 1.29 is 18.0 Å². The van der Waals surface area contributed by atoms with E-state index in [4.69, 9.17) is 11.6 Å². The Bertz CT molecular complexity index is 423. The van der Waals surface area contributed by atoms with Crippen molar-refractivity contribution in [2.24, 2.45) is 0 Å². The van der Waals surface area contributed by atoms with Crippen molar-refractivity contribution in [3.63, 3.8) is 0 Å². The van der Waals surface area contributed by atoms with E-state index in [9.17, 15) is 18.0 Å². The maximum atomic E-state index is 12.3. The molecule has 0 aliphatic rings. The van der Waals surface area contributed by atoms with E-state index in [1.165, 1.54) is 6.20 Å². The summed E-state index contributed by atoms with van der Waals surface area (Å²) in [6.07, 6.45) is -3.09. The molecule has 0 unspecified atom stereocenters. The molecule has 1 rings (SSSR count). The van der Waals surface area contributed by atoms with Crippen LogP contribution in [-0.2, 0) is 0 Å². The Labute approximate surface area is 108 Å². The molecule has 0 saturated carbocycles. The number of alkyl halides is 4. The van der Waals surface area contributed by atoms with Gasteiger partial charge in [-0.15, -0.1) is 11.6 Å². The van der Waals surface area contributed by atoms with Crippen molar-refractivity contribution in [3.8, 4) is 0 Å². The van der Waals surface area contributed by atoms with Crippen molar-refractivity contribution in [1.82, 2.24) is 9.88 Å². The fourth-order valence-electron chi connectivity index (χ4n) is 1.43. The van der Waals surface area contributed by atoms with E-state index in [0.717, 1.165) is 0 Å². The molecule has 0 saturated heterocycles. The molecule has 0 bridgehead atoms. The molecule has 0 fully saturated rings. The van der Waals surface area contributed by atoms with Gasteiger partial charge in [0.15, 0.2) is 0 Å². The summed E-state index contributed by atoms with van der Waals surface area (Å²) < 4.78 is 37.0. The average molecular weight is 281 g/mol. The number of halogens is 4. The molecule has 0 aromatic carbocycles. The standard InChI is InChI=1S/C11H12ClF3N2O/c1-8-3-2-5-16-9(8)10(18)17(6-4-12)7-11(13,14)15/h2-3,5H,4,6-7H2,1H3. The molecule has 1 amide bonds. The van der Waals surface area contributed by atoms with Gasteiger partial charge in [0.1, 0.15) is 12.2 Å². The summed E-state index contributed by atoms with van der Waals surface area (Å²) in [6, 6.07) is 3.23. The normalized spacial score (nSPS) is 11.4. The predicted octanol–water partition coefficient (Wildman–Crippen LogP) is 2.63. The van der Waals surface area contributed by atoms with Gasteiger partial charge >= 0.3 is 6.18 Å². The lowest BCUT2D eigenvalue weighted by atomic mass is 10.2. The predicted molar refractivity (Wildman–Crippen MR) is 61.7 cm³/mol. The van der Waals surface area contributed by atoms with Gasteiger partial charge in [-0.3, -0.25) is 9.78 Å². The fraction of sp³-hybridized carbons (Fsp3) is 0.455. The van der Waals surface area contributed by atoms with Gasteiger partial charge in [-0.25, -0.2) is 0 Å². The molecule has 0 spiro atoms. The Morgan fingerprint density at radius 3 is 2.67 bits per heavy atom. The average Bonchev–Trinajstić information content (AvgIpc) is 2.26. The zero-order valence-corrected chi connectivity index (χ0v) is 10.4. The third-order valence-corrected chi connectivity index (χ3v) is 2.39. The first kappa shape index (κ1) is 14.8. The second kappa shape index (κ2) is 6.04. The number of rotatable bonds is 4. The summed E-state index contributed by atoms with van der Waals surface area (Å²) >= 11 is 5.41. The Morgan fingerprint density at radius 2 is 2.17 bits per heavy atom. The van der Waals surface area contributed by atoms with Crippen molar-refractivity contribution in [1.29, 1.82) is 0 Å². The summed E-state index contributed by atoms with van der Waals surface area (Å²) in [6.45, 7) is 0.122. The first-order valence-corrected chi connectivity index (χ1v) is 5.72. The van der Waals surface area contributed by atoms with Crippen molar-refractivity contribution in [2.75, 3.05) is 19.0 Å². The second-order valence-electron chi connectivity index (χ2n) is 3.70. The highest BCUT2D eigenvalue weighted by Gasteiger charge is 2.33. The van der Waals surface area contributed by atoms with Gasteiger partial charge in [0.2, 0.25) is 0 Å². The van der Waals surface area contributed by atoms with Gasteiger partial charge in [0.05, 0.1) is 0 Å². The number of pyridine rings is 1. The van der Waals surface area contributed by atoms with Crippen LogP contribution in [0, 0.1) is 6.92 Å². The van der Waals surface area contributed by atoms with Crippen molar-refractivity contribution in [2.45, 2.75) is 13.1 Å². The highest BCUT2D eigenvalue weighted by Crippen LogP contribution is 2.18. The monoisotopic (exact) mass is 280 g/mol. The van der Waals surface area contributed by atoms with Crippen LogP contribution in [0.25, 0.3) is 0 Å². The third kappa shape index (κ3) is 4.18. The highest BCUT2D eigenvalue weighted by molar-refractivity contribution is 6.18. The summed E-state index contributed by atoms with van der Waals surface area (Å²) in [4.78, 5) is 16.4. The first-order valence-electron chi connectivity index (χ1n) is 5.19. The minimum atomic E-state index is -4.45. The number of carbonyl (C=O) groups excluding carboxylic acids is 1. The lowest BCUT2D eigenvalue weighted by Gasteiger charge is -2.23. The van der Waals surface area contributed by atoms with Gasteiger partial charge in [-0.1, -0.05) is 6.07 Å². The van der Waals surface area contributed by atoms with Crippen LogP contribution >= 0.6 is 11.6 Å². The van der Waals surface area contributed by atoms with E-state index in [0.29, 0.717) is 10.5 Å². The lowest BCUT2D eigenvalue weighted by Crippen LogP contribution is -2.40. The van der Waals surface area contributed by atoms with Gasteiger partial charge in [0, 0.05) is 18.6 Å². The SMILES string of the molecule is Cc1cccnc1C(=O)N(CCCl)CC(F)(F)F. The molecule has 0 aliphatic heterocycles. The molecule has 1 aromatic rings. The van der Waals surface area contributed by atoms with E-state index in [1.54, 1.807) is 19.1 Å². The number of nitrogens with zero attached hydrogens (tertiary/aromatic N) is 2. The molecular weight excluding hydrogens is 269 g/mol. The molecule has 1 aromatic heterocycles. The van der Waals surface area contributed by atoms with Crippen molar-refractivity contribution in [3.05, 3.63) is 29.6 Å². The van der Waals surface area contributed by atoms with Gasteiger partial charge in [-0.2, -0.15) is 13.2 Å². The summed E-state index contributed by atoms with van der Waals surface area (Å²) in [5, 5.41) is 0.